The van der Waals surface area contributed by atoms with Crippen LogP contribution in [0.3, 0.4) is 0 Å². The Bertz CT molecular complexity index is 404. The molecule has 0 radical (unpaired) electrons. The van der Waals surface area contributed by atoms with E-state index in [1.807, 2.05) is 31.2 Å². The van der Waals surface area contributed by atoms with Crippen LogP contribution in [0.15, 0.2) is 36.4 Å². The molecule has 0 bridgehead atoms. The number of amides is 1. The van der Waals surface area contributed by atoms with Crippen LogP contribution in [-0.2, 0) is 11.3 Å². The minimum Gasteiger partial charge on any atom is -0.335 e. The Balaban J connectivity index is 2.73. The van der Waals surface area contributed by atoms with Crippen molar-refractivity contribution in [1.82, 2.24) is 4.90 Å². The molecule has 0 aliphatic carbocycles. The Hall–Kier alpha value is -1.32. The van der Waals surface area contributed by atoms with Crippen LogP contribution in [-0.4, -0.2) is 23.9 Å². The first kappa shape index (κ1) is 13.7. The average molecular weight is 253 g/mol. The van der Waals surface area contributed by atoms with Gasteiger partial charge in [0.2, 0.25) is 5.91 Å². The van der Waals surface area contributed by atoms with Gasteiger partial charge in [-0.2, -0.15) is 0 Å². The molecule has 0 atom stereocenters. The number of benzene rings is 1. The molecule has 1 aromatic rings. The highest BCUT2D eigenvalue weighted by atomic mass is 35.5. The number of hydrogen-bond acceptors (Lipinski definition) is 2. The van der Waals surface area contributed by atoms with Crippen LogP contribution >= 0.6 is 11.6 Å². The van der Waals surface area contributed by atoms with Crippen molar-refractivity contribution in [2.24, 2.45) is 5.73 Å². The van der Waals surface area contributed by atoms with Crippen LogP contribution < -0.4 is 5.73 Å². The van der Waals surface area contributed by atoms with Gasteiger partial charge in [0.05, 0.1) is 0 Å². The number of hydrogen-bond donors (Lipinski definition) is 1. The van der Waals surface area contributed by atoms with Crippen LogP contribution in [0.25, 0.3) is 0 Å². The van der Waals surface area contributed by atoms with Crippen molar-refractivity contribution in [2.45, 2.75) is 13.5 Å². The maximum atomic E-state index is 11.8. The molecule has 0 saturated heterocycles. The molecular weight excluding hydrogens is 236 g/mol. The number of carbonyl (C=O) groups excluding carboxylic acids is 1. The van der Waals surface area contributed by atoms with E-state index >= 15 is 0 Å². The van der Waals surface area contributed by atoms with Gasteiger partial charge in [-0.1, -0.05) is 35.9 Å². The molecule has 1 amide bonds. The van der Waals surface area contributed by atoms with Gasteiger partial charge < -0.3 is 10.6 Å². The predicted octanol–water partition coefficient (Wildman–Crippen LogP) is 2.20. The van der Waals surface area contributed by atoms with Crippen molar-refractivity contribution in [3.05, 3.63) is 47.0 Å². The normalized spacial score (nSPS) is 10.8. The van der Waals surface area contributed by atoms with E-state index in [0.29, 0.717) is 24.7 Å². The molecule has 0 unspecified atom stereocenters. The van der Waals surface area contributed by atoms with E-state index in [2.05, 4.69) is 0 Å². The summed E-state index contributed by atoms with van der Waals surface area (Å²) >= 11 is 6.06. The quantitative estimate of drug-likeness (QED) is 0.817. The van der Waals surface area contributed by atoms with Gasteiger partial charge in [0.15, 0.2) is 0 Å². The molecule has 3 nitrogen and oxygen atoms in total. The van der Waals surface area contributed by atoms with Gasteiger partial charge in [0, 0.05) is 30.7 Å². The minimum absolute atomic E-state index is 0.0436. The Morgan fingerprint density at radius 3 is 2.76 bits per heavy atom. The van der Waals surface area contributed by atoms with Crippen molar-refractivity contribution in [3.63, 3.8) is 0 Å². The second-order valence-corrected chi connectivity index (χ2v) is 3.99. The third-order valence-electron chi connectivity index (χ3n) is 2.41. The molecule has 0 heterocycles. The molecular formula is C13H17ClN2O. The smallest absolute Gasteiger partial charge is 0.246 e. The Morgan fingerprint density at radius 1 is 1.47 bits per heavy atom. The van der Waals surface area contributed by atoms with Gasteiger partial charge >= 0.3 is 0 Å². The van der Waals surface area contributed by atoms with E-state index in [0.717, 1.165) is 5.56 Å². The lowest BCUT2D eigenvalue weighted by Crippen LogP contribution is -2.28. The molecule has 4 heteroatoms. The second kappa shape index (κ2) is 7.09. The summed E-state index contributed by atoms with van der Waals surface area (Å²) in [6.07, 6.45) is 3.15. The predicted molar refractivity (Wildman–Crippen MR) is 70.7 cm³/mol. The molecule has 1 aromatic carbocycles. The fourth-order valence-electron chi connectivity index (χ4n) is 1.45. The number of likely N-dealkylation sites (N-methyl/N-ethyl adjacent to an activating group) is 1. The van der Waals surface area contributed by atoms with Crippen molar-refractivity contribution >= 4 is 17.5 Å². The largest absolute Gasteiger partial charge is 0.335 e. The zero-order valence-electron chi connectivity index (χ0n) is 9.90. The van der Waals surface area contributed by atoms with E-state index in [1.165, 1.54) is 6.08 Å². The van der Waals surface area contributed by atoms with Crippen molar-refractivity contribution < 1.29 is 4.79 Å². The molecule has 0 aromatic heterocycles. The maximum absolute atomic E-state index is 11.8. The standard InChI is InChI=1S/C13H17ClN2O/c1-2-16(13(17)8-5-9-15)10-11-6-3-4-7-12(11)14/h3-8H,2,9-10,15H2,1H3/b8-5+. The molecule has 0 saturated carbocycles. The minimum atomic E-state index is -0.0436. The summed E-state index contributed by atoms with van der Waals surface area (Å²) in [5, 5.41) is 0.682. The second-order valence-electron chi connectivity index (χ2n) is 3.58. The number of nitrogens with two attached hydrogens (primary N) is 1. The fourth-order valence-corrected chi connectivity index (χ4v) is 1.65. The summed E-state index contributed by atoms with van der Waals surface area (Å²) in [4.78, 5) is 13.5. The highest BCUT2D eigenvalue weighted by molar-refractivity contribution is 6.31. The number of nitrogens with zero attached hydrogens (tertiary/aromatic N) is 1. The summed E-state index contributed by atoms with van der Waals surface area (Å²) in [5.41, 5.74) is 6.27. The molecule has 17 heavy (non-hydrogen) atoms. The fraction of sp³-hybridized carbons (Fsp3) is 0.308. The lowest BCUT2D eigenvalue weighted by molar-refractivity contribution is -0.126. The first-order valence-electron chi connectivity index (χ1n) is 5.58. The van der Waals surface area contributed by atoms with Crippen LogP contribution in [0.5, 0.6) is 0 Å². The van der Waals surface area contributed by atoms with Crippen LogP contribution in [0.2, 0.25) is 5.02 Å². The first-order chi connectivity index (χ1) is 8.19. The molecule has 0 aliphatic heterocycles. The summed E-state index contributed by atoms with van der Waals surface area (Å²) < 4.78 is 0. The van der Waals surface area contributed by atoms with E-state index in [9.17, 15) is 4.79 Å². The molecule has 0 aliphatic rings. The summed E-state index contributed by atoms with van der Waals surface area (Å²) in [6, 6.07) is 7.53. The Kier molecular flexibility index (Phi) is 5.73. The van der Waals surface area contributed by atoms with Crippen molar-refractivity contribution in [3.8, 4) is 0 Å². The lowest BCUT2D eigenvalue weighted by atomic mass is 10.2. The van der Waals surface area contributed by atoms with E-state index in [1.54, 1.807) is 11.0 Å². The number of halogens is 1. The van der Waals surface area contributed by atoms with Crippen LogP contribution in [0.1, 0.15) is 12.5 Å². The Morgan fingerprint density at radius 2 is 2.18 bits per heavy atom. The highest BCUT2D eigenvalue weighted by Gasteiger charge is 2.10. The van der Waals surface area contributed by atoms with E-state index in [4.69, 9.17) is 17.3 Å². The molecule has 0 fully saturated rings. The zero-order valence-corrected chi connectivity index (χ0v) is 10.7. The molecule has 2 N–H and O–H groups in total. The summed E-state index contributed by atoms with van der Waals surface area (Å²) in [7, 11) is 0. The van der Waals surface area contributed by atoms with Gasteiger partial charge in [-0.3, -0.25) is 4.79 Å². The van der Waals surface area contributed by atoms with Gasteiger partial charge in [-0.25, -0.2) is 0 Å². The van der Waals surface area contributed by atoms with Crippen LogP contribution in [0.4, 0.5) is 0 Å². The van der Waals surface area contributed by atoms with Crippen LogP contribution in [0, 0.1) is 0 Å². The maximum Gasteiger partial charge on any atom is 0.246 e. The molecule has 0 spiro atoms. The topological polar surface area (TPSA) is 46.3 Å². The summed E-state index contributed by atoms with van der Waals surface area (Å²) in [6.45, 7) is 3.46. The van der Waals surface area contributed by atoms with E-state index in [-0.39, 0.29) is 5.91 Å². The van der Waals surface area contributed by atoms with Gasteiger partial charge in [0.1, 0.15) is 0 Å². The zero-order chi connectivity index (χ0) is 12.7. The average Bonchev–Trinajstić information content (AvgIpc) is 2.35. The monoisotopic (exact) mass is 252 g/mol. The first-order valence-corrected chi connectivity index (χ1v) is 5.95. The lowest BCUT2D eigenvalue weighted by Gasteiger charge is -2.19. The van der Waals surface area contributed by atoms with Gasteiger partial charge in [0.25, 0.3) is 0 Å². The molecule has 1 rings (SSSR count). The van der Waals surface area contributed by atoms with E-state index < -0.39 is 0 Å². The SMILES string of the molecule is CCN(Cc1ccccc1Cl)C(=O)/C=C/CN. The molecule has 92 valence electrons. The third-order valence-corrected chi connectivity index (χ3v) is 2.78. The third kappa shape index (κ3) is 4.21. The Labute approximate surface area is 107 Å². The number of rotatable bonds is 5. The van der Waals surface area contributed by atoms with Crippen molar-refractivity contribution in [2.75, 3.05) is 13.1 Å². The number of carbonyl (C=O) groups is 1. The summed E-state index contributed by atoms with van der Waals surface area (Å²) in [5.74, 6) is -0.0436. The van der Waals surface area contributed by atoms with Crippen molar-refractivity contribution in [1.29, 1.82) is 0 Å². The highest BCUT2D eigenvalue weighted by Crippen LogP contribution is 2.17. The van der Waals surface area contributed by atoms with Gasteiger partial charge in [-0.05, 0) is 18.6 Å². The van der Waals surface area contributed by atoms with Gasteiger partial charge in [-0.15, -0.1) is 0 Å².